The molecule has 1 aromatic carbocycles. The number of benzene rings is 1. The molecule has 0 fully saturated rings. The van der Waals surface area contributed by atoms with Gasteiger partial charge in [0.15, 0.2) is 0 Å². The van der Waals surface area contributed by atoms with E-state index < -0.39 is 0 Å². The smallest absolute Gasteiger partial charge is 0.118 e. The lowest BCUT2D eigenvalue weighted by atomic mass is 10.2. The van der Waals surface area contributed by atoms with Gasteiger partial charge in [-0.3, -0.25) is 0 Å². The maximum absolute atomic E-state index is 4.89. The van der Waals surface area contributed by atoms with Crippen LogP contribution in [-0.2, 0) is 8.37 Å². The Morgan fingerprint density at radius 2 is 1.29 bits per heavy atom. The predicted octanol–water partition coefficient (Wildman–Crippen LogP) is 1.67. The molecule has 0 saturated carbocycles. The highest BCUT2D eigenvalue weighted by atomic mass is 32.1. The van der Waals surface area contributed by atoms with Crippen molar-refractivity contribution in [1.82, 2.24) is 0 Å². The largest absolute Gasteiger partial charge is 0.433 e. The molecule has 0 aliphatic heterocycles. The SMILES string of the molecule is C/C(OS)=c1/cccc/c1=C(/C)OS. The molecule has 2 nitrogen and oxygen atoms in total. The Morgan fingerprint density at radius 1 is 0.929 bits per heavy atom. The van der Waals surface area contributed by atoms with Gasteiger partial charge in [-0.15, -0.1) is 0 Å². The molecule has 0 N–H and O–H groups in total. The van der Waals surface area contributed by atoms with Crippen LogP contribution in [0, 0.1) is 0 Å². The molecule has 0 amide bonds. The van der Waals surface area contributed by atoms with Gasteiger partial charge in [0.1, 0.15) is 11.5 Å². The molecule has 0 aliphatic carbocycles. The summed E-state index contributed by atoms with van der Waals surface area (Å²) in [5.41, 5.74) is 0. The molecule has 14 heavy (non-hydrogen) atoms. The van der Waals surface area contributed by atoms with Crippen LogP contribution in [0.4, 0.5) is 0 Å². The zero-order valence-electron chi connectivity index (χ0n) is 8.02. The number of hydrogen-bond donors (Lipinski definition) is 2. The molecule has 0 radical (unpaired) electrons. The fourth-order valence-electron chi connectivity index (χ4n) is 1.20. The van der Waals surface area contributed by atoms with Gasteiger partial charge in [0, 0.05) is 36.3 Å². The highest BCUT2D eigenvalue weighted by molar-refractivity contribution is 7.75. The third kappa shape index (κ3) is 2.39. The van der Waals surface area contributed by atoms with Crippen LogP contribution in [0.25, 0.3) is 11.5 Å². The van der Waals surface area contributed by atoms with Gasteiger partial charge in [-0.05, 0) is 13.8 Å². The van der Waals surface area contributed by atoms with E-state index in [2.05, 4.69) is 25.8 Å². The van der Waals surface area contributed by atoms with Gasteiger partial charge in [0.05, 0.1) is 0 Å². The summed E-state index contributed by atoms with van der Waals surface area (Å²) in [7, 11) is 0. The van der Waals surface area contributed by atoms with Crippen LogP contribution in [-0.4, -0.2) is 0 Å². The summed E-state index contributed by atoms with van der Waals surface area (Å²) in [6, 6.07) is 7.75. The average molecular weight is 228 g/mol. The van der Waals surface area contributed by atoms with E-state index in [1.54, 1.807) is 0 Å². The van der Waals surface area contributed by atoms with Crippen molar-refractivity contribution in [3.8, 4) is 0 Å². The monoisotopic (exact) mass is 228 g/mol. The van der Waals surface area contributed by atoms with Gasteiger partial charge in [0.25, 0.3) is 0 Å². The number of rotatable bonds is 2. The van der Waals surface area contributed by atoms with Gasteiger partial charge in [0.2, 0.25) is 0 Å². The number of hydrogen-bond acceptors (Lipinski definition) is 4. The Kier molecular flexibility index (Phi) is 4.22. The first-order valence-electron chi connectivity index (χ1n) is 4.10. The van der Waals surface area contributed by atoms with E-state index in [0.717, 1.165) is 22.0 Å². The van der Waals surface area contributed by atoms with Crippen molar-refractivity contribution in [2.45, 2.75) is 13.8 Å². The minimum atomic E-state index is 0.730. The summed E-state index contributed by atoms with van der Waals surface area (Å²) in [5.74, 6) is 1.46. The first-order chi connectivity index (χ1) is 6.70. The van der Waals surface area contributed by atoms with Crippen LogP contribution in [0.1, 0.15) is 13.8 Å². The zero-order valence-corrected chi connectivity index (χ0v) is 9.81. The van der Waals surface area contributed by atoms with Crippen molar-refractivity contribution in [2.75, 3.05) is 0 Å². The second-order valence-corrected chi connectivity index (χ2v) is 3.21. The molecule has 0 saturated heterocycles. The van der Waals surface area contributed by atoms with Crippen LogP contribution >= 0.6 is 25.8 Å². The second kappa shape index (κ2) is 5.22. The molecule has 0 aliphatic rings. The van der Waals surface area contributed by atoms with Crippen LogP contribution < -0.4 is 10.4 Å². The third-order valence-electron chi connectivity index (χ3n) is 1.96. The average Bonchev–Trinajstić information content (AvgIpc) is 2.27. The van der Waals surface area contributed by atoms with Crippen molar-refractivity contribution in [3.05, 3.63) is 34.7 Å². The maximum Gasteiger partial charge on any atom is 0.118 e. The van der Waals surface area contributed by atoms with Crippen molar-refractivity contribution in [1.29, 1.82) is 0 Å². The van der Waals surface area contributed by atoms with Crippen LogP contribution in [0.2, 0.25) is 0 Å². The van der Waals surface area contributed by atoms with E-state index in [9.17, 15) is 0 Å². The molecular weight excluding hydrogens is 216 g/mol. The Morgan fingerprint density at radius 3 is 1.57 bits per heavy atom. The predicted molar refractivity (Wildman–Crippen MR) is 64.0 cm³/mol. The van der Waals surface area contributed by atoms with Crippen molar-refractivity contribution in [3.63, 3.8) is 0 Å². The molecule has 1 rings (SSSR count). The highest BCUT2D eigenvalue weighted by Crippen LogP contribution is 1.97. The standard InChI is InChI=1S/C10H12O2S2/c1-7(11-13)9-5-3-4-6-10(9)8(2)12-14/h3-6,13-14H,1-2H3/b9-7+,10-8+. The van der Waals surface area contributed by atoms with E-state index in [-0.39, 0.29) is 0 Å². The third-order valence-corrected chi connectivity index (χ3v) is 2.51. The van der Waals surface area contributed by atoms with Crippen LogP contribution in [0.5, 0.6) is 0 Å². The topological polar surface area (TPSA) is 18.5 Å². The van der Waals surface area contributed by atoms with E-state index in [4.69, 9.17) is 8.37 Å². The fraction of sp³-hybridized carbons (Fsp3) is 0.200. The Hall–Kier alpha value is -0.740. The van der Waals surface area contributed by atoms with E-state index >= 15 is 0 Å². The molecule has 0 bridgehead atoms. The Labute approximate surface area is 94.5 Å². The van der Waals surface area contributed by atoms with E-state index in [0.29, 0.717) is 0 Å². The minimum Gasteiger partial charge on any atom is -0.433 e. The lowest BCUT2D eigenvalue weighted by molar-refractivity contribution is 0.591. The molecule has 0 aromatic heterocycles. The number of thiol groups is 2. The summed E-state index contributed by atoms with van der Waals surface area (Å²) >= 11 is 7.53. The lowest BCUT2D eigenvalue weighted by Gasteiger charge is -2.00. The zero-order chi connectivity index (χ0) is 10.6. The summed E-state index contributed by atoms with van der Waals surface area (Å²) in [5, 5.41) is 1.91. The van der Waals surface area contributed by atoms with Gasteiger partial charge in [-0.2, -0.15) is 0 Å². The molecule has 0 unspecified atom stereocenters. The molecule has 1 aromatic rings. The first-order valence-corrected chi connectivity index (χ1v) is 4.83. The highest BCUT2D eigenvalue weighted by Gasteiger charge is 1.96. The van der Waals surface area contributed by atoms with E-state index in [1.807, 2.05) is 38.1 Å². The first kappa shape index (κ1) is 11.3. The molecule has 0 spiro atoms. The van der Waals surface area contributed by atoms with Crippen molar-refractivity contribution < 1.29 is 8.37 Å². The Bertz CT molecular complexity index is 385. The normalized spacial score (nSPS) is 14.6. The van der Waals surface area contributed by atoms with Gasteiger partial charge < -0.3 is 8.37 Å². The summed E-state index contributed by atoms with van der Waals surface area (Å²) in [4.78, 5) is 0. The van der Waals surface area contributed by atoms with Gasteiger partial charge in [-0.1, -0.05) is 24.3 Å². The van der Waals surface area contributed by atoms with Crippen molar-refractivity contribution in [2.24, 2.45) is 0 Å². The molecule has 0 heterocycles. The van der Waals surface area contributed by atoms with Crippen LogP contribution in [0.15, 0.2) is 24.3 Å². The lowest BCUT2D eigenvalue weighted by Crippen LogP contribution is -2.28. The quantitative estimate of drug-likeness (QED) is 0.592. The molecule has 76 valence electrons. The molecule has 0 atom stereocenters. The fourth-order valence-corrected chi connectivity index (χ4v) is 1.39. The van der Waals surface area contributed by atoms with Crippen molar-refractivity contribution >= 4 is 37.3 Å². The summed E-state index contributed by atoms with van der Waals surface area (Å²) in [6.45, 7) is 3.69. The van der Waals surface area contributed by atoms with E-state index in [1.165, 1.54) is 0 Å². The Balaban J connectivity index is 3.62. The van der Waals surface area contributed by atoms with Gasteiger partial charge >= 0.3 is 0 Å². The maximum atomic E-state index is 4.89. The second-order valence-electron chi connectivity index (χ2n) is 2.84. The minimum absolute atomic E-state index is 0.730. The molecule has 4 heteroatoms. The summed E-state index contributed by atoms with van der Waals surface area (Å²) < 4.78 is 9.78. The molecular formula is C10H12O2S2. The van der Waals surface area contributed by atoms with Gasteiger partial charge in [-0.25, -0.2) is 0 Å². The summed E-state index contributed by atoms with van der Waals surface area (Å²) in [6.07, 6.45) is 0. The van der Waals surface area contributed by atoms with Crippen LogP contribution in [0.3, 0.4) is 0 Å².